The van der Waals surface area contributed by atoms with Gasteiger partial charge < -0.3 is 24.4 Å². The van der Waals surface area contributed by atoms with Crippen LogP contribution < -0.4 is 14.4 Å². The van der Waals surface area contributed by atoms with Crippen molar-refractivity contribution >= 4 is 17.4 Å². The molecule has 0 aromatic heterocycles. The summed E-state index contributed by atoms with van der Waals surface area (Å²) < 4.78 is 11.4. The highest BCUT2D eigenvalue weighted by Crippen LogP contribution is 2.41. The van der Waals surface area contributed by atoms with E-state index in [0.29, 0.717) is 24.5 Å². The zero-order valence-corrected chi connectivity index (χ0v) is 20.5. The van der Waals surface area contributed by atoms with Crippen molar-refractivity contribution in [2.45, 2.75) is 31.9 Å². The van der Waals surface area contributed by atoms with E-state index in [1.165, 1.54) is 4.90 Å². The van der Waals surface area contributed by atoms with E-state index >= 15 is 0 Å². The van der Waals surface area contributed by atoms with Crippen LogP contribution in [0.3, 0.4) is 0 Å². The predicted octanol–water partition coefficient (Wildman–Crippen LogP) is 2.53. The summed E-state index contributed by atoms with van der Waals surface area (Å²) in [4.78, 5) is 29.2. The van der Waals surface area contributed by atoms with Crippen molar-refractivity contribution in [1.29, 1.82) is 0 Å². The first-order valence-corrected chi connectivity index (χ1v) is 12.0. The van der Waals surface area contributed by atoms with Crippen LogP contribution in [-0.4, -0.2) is 61.6 Å². The smallest absolute Gasteiger partial charge is 0.295 e. The number of carbonyl (C=O) groups excluding carboxylic acids is 2. The summed E-state index contributed by atoms with van der Waals surface area (Å²) in [5, 5.41) is 11.3. The number of nitrogens with one attached hydrogen (secondary N) is 1. The van der Waals surface area contributed by atoms with Gasteiger partial charge in [-0.05, 0) is 48.4 Å². The second-order valence-corrected chi connectivity index (χ2v) is 9.43. The molecule has 2 heterocycles. The Labute approximate surface area is 206 Å². The van der Waals surface area contributed by atoms with Gasteiger partial charge in [0.2, 0.25) is 0 Å². The maximum atomic E-state index is 13.2. The highest BCUT2D eigenvalue weighted by Gasteiger charge is 2.46. The largest absolute Gasteiger partial charge is 0.507 e. The Hall–Kier alpha value is -3.58. The SMILES string of the molecule is C=CCOc1ccc([C@H]2C(=C(O)c3ccc4c(c3)C[C@@H](C)O4)C(=O)C(=O)N2CCC[NH+](C)C)cc1. The van der Waals surface area contributed by atoms with Crippen molar-refractivity contribution in [3.8, 4) is 11.5 Å². The fourth-order valence-electron chi connectivity index (χ4n) is 4.69. The number of likely N-dealkylation sites (tertiary alicyclic amines) is 1. The fourth-order valence-corrected chi connectivity index (χ4v) is 4.69. The number of carbonyl (C=O) groups is 2. The summed E-state index contributed by atoms with van der Waals surface area (Å²) in [5.74, 6) is 0.0301. The summed E-state index contributed by atoms with van der Waals surface area (Å²) in [6.45, 7) is 7.30. The van der Waals surface area contributed by atoms with Crippen LogP contribution in [0.25, 0.3) is 5.76 Å². The molecular weight excluding hydrogens is 444 g/mol. The Morgan fingerprint density at radius 3 is 2.66 bits per heavy atom. The maximum absolute atomic E-state index is 13.2. The van der Waals surface area contributed by atoms with E-state index in [9.17, 15) is 14.7 Å². The van der Waals surface area contributed by atoms with Gasteiger partial charge in [0.15, 0.2) is 0 Å². The zero-order chi connectivity index (χ0) is 25.1. The van der Waals surface area contributed by atoms with Crippen LogP contribution >= 0.6 is 0 Å². The van der Waals surface area contributed by atoms with E-state index in [-0.39, 0.29) is 17.4 Å². The van der Waals surface area contributed by atoms with Crippen molar-refractivity contribution in [2.24, 2.45) is 0 Å². The molecule has 1 saturated heterocycles. The number of amides is 1. The van der Waals surface area contributed by atoms with Crippen LogP contribution in [0.1, 0.15) is 36.1 Å². The molecule has 4 rings (SSSR count). The van der Waals surface area contributed by atoms with Crippen LogP contribution in [0.15, 0.2) is 60.7 Å². The average molecular weight is 478 g/mol. The quantitative estimate of drug-likeness (QED) is 0.251. The van der Waals surface area contributed by atoms with Crippen LogP contribution in [0.4, 0.5) is 0 Å². The molecule has 2 aromatic carbocycles. The molecule has 0 spiro atoms. The van der Waals surface area contributed by atoms with Gasteiger partial charge in [0.05, 0.1) is 32.3 Å². The van der Waals surface area contributed by atoms with E-state index in [4.69, 9.17) is 9.47 Å². The topological polar surface area (TPSA) is 80.5 Å². The summed E-state index contributed by atoms with van der Waals surface area (Å²) in [7, 11) is 4.10. The van der Waals surface area contributed by atoms with E-state index in [2.05, 4.69) is 6.58 Å². The molecule has 0 radical (unpaired) electrons. The van der Waals surface area contributed by atoms with Gasteiger partial charge in [-0.1, -0.05) is 24.8 Å². The molecule has 7 heteroatoms. The molecule has 2 atom stereocenters. The third-order valence-corrected chi connectivity index (χ3v) is 6.35. The number of benzene rings is 2. The van der Waals surface area contributed by atoms with Crippen LogP contribution in [0, 0.1) is 0 Å². The van der Waals surface area contributed by atoms with Gasteiger partial charge in [0.25, 0.3) is 11.7 Å². The van der Waals surface area contributed by atoms with Crippen LogP contribution in [0.5, 0.6) is 11.5 Å². The Morgan fingerprint density at radius 2 is 1.97 bits per heavy atom. The monoisotopic (exact) mass is 477 g/mol. The number of aliphatic hydroxyl groups is 1. The normalized spacial score (nSPS) is 20.7. The predicted molar refractivity (Wildman–Crippen MR) is 134 cm³/mol. The van der Waals surface area contributed by atoms with Crippen LogP contribution in [-0.2, 0) is 16.0 Å². The number of hydrogen-bond acceptors (Lipinski definition) is 5. The molecule has 1 amide bonds. The van der Waals surface area contributed by atoms with E-state index in [1.807, 2.05) is 45.3 Å². The third kappa shape index (κ3) is 5.10. The molecule has 35 heavy (non-hydrogen) atoms. The molecule has 1 fully saturated rings. The molecule has 0 saturated carbocycles. The first kappa shape index (κ1) is 24.5. The number of nitrogens with zero attached hydrogens (tertiary/aromatic N) is 1. The van der Waals surface area contributed by atoms with Crippen LogP contribution in [0.2, 0.25) is 0 Å². The lowest BCUT2D eigenvalue weighted by Gasteiger charge is -2.25. The zero-order valence-electron chi connectivity index (χ0n) is 20.5. The van der Waals surface area contributed by atoms with Gasteiger partial charge in [0, 0.05) is 24.9 Å². The maximum Gasteiger partial charge on any atom is 0.295 e. The molecule has 184 valence electrons. The minimum Gasteiger partial charge on any atom is -0.507 e. The first-order valence-electron chi connectivity index (χ1n) is 12.0. The van der Waals surface area contributed by atoms with Crippen molar-refractivity contribution in [3.05, 3.63) is 77.4 Å². The van der Waals surface area contributed by atoms with E-state index in [1.54, 1.807) is 29.2 Å². The fraction of sp³-hybridized carbons (Fsp3) is 0.357. The number of quaternary nitrogens is 1. The Bertz CT molecular complexity index is 1150. The van der Waals surface area contributed by atoms with Crippen molar-refractivity contribution in [3.63, 3.8) is 0 Å². The Kier molecular flexibility index (Phi) is 7.26. The van der Waals surface area contributed by atoms with Crippen molar-refractivity contribution in [2.75, 3.05) is 33.8 Å². The highest BCUT2D eigenvalue weighted by atomic mass is 16.5. The number of fused-ring (bicyclic) bond motifs is 1. The number of hydrogen-bond donors (Lipinski definition) is 2. The Morgan fingerprint density at radius 1 is 1.23 bits per heavy atom. The minimum absolute atomic E-state index is 0.0635. The van der Waals surface area contributed by atoms with Gasteiger partial charge in [-0.3, -0.25) is 9.59 Å². The lowest BCUT2D eigenvalue weighted by Crippen LogP contribution is -3.05. The van der Waals surface area contributed by atoms with Gasteiger partial charge in [-0.2, -0.15) is 0 Å². The second kappa shape index (κ2) is 10.4. The first-order chi connectivity index (χ1) is 16.8. The van der Waals surface area contributed by atoms with E-state index in [0.717, 1.165) is 36.3 Å². The molecule has 0 bridgehead atoms. The van der Waals surface area contributed by atoms with Gasteiger partial charge in [-0.25, -0.2) is 0 Å². The summed E-state index contributed by atoms with van der Waals surface area (Å²) in [6, 6.07) is 12.0. The van der Waals surface area contributed by atoms with Gasteiger partial charge in [-0.15, -0.1) is 0 Å². The third-order valence-electron chi connectivity index (χ3n) is 6.35. The molecule has 0 unspecified atom stereocenters. The summed E-state index contributed by atoms with van der Waals surface area (Å²) >= 11 is 0. The molecule has 7 nitrogen and oxygen atoms in total. The van der Waals surface area contributed by atoms with Gasteiger partial charge in [0.1, 0.15) is 30.0 Å². The molecule has 2 aliphatic heterocycles. The summed E-state index contributed by atoms with van der Waals surface area (Å²) in [5.41, 5.74) is 2.34. The number of ether oxygens (including phenoxy) is 2. The van der Waals surface area contributed by atoms with Gasteiger partial charge >= 0.3 is 0 Å². The highest BCUT2D eigenvalue weighted by molar-refractivity contribution is 6.46. The number of Topliss-reactive ketones (excluding diaryl/α,β-unsaturated/α-hetero) is 1. The Balaban J connectivity index is 1.74. The number of rotatable bonds is 9. The molecule has 2 N–H and O–H groups in total. The second-order valence-electron chi connectivity index (χ2n) is 9.43. The lowest BCUT2D eigenvalue weighted by atomic mass is 9.94. The molecular formula is C28H33N2O5+. The number of ketones is 1. The average Bonchev–Trinajstić information content (AvgIpc) is 3.33. The number of aliphatic hydroxyl groups excluding tert-OH is 1. The minimum atomic E-state index is -0.677. The van der Waals surface area contributed by atoms with Crippen molar-refractivity contribution in [1.82, 2.24) is 4.90 Å². The van der Waals surface area contributed by atoms with E-state index < -0.39 is 17.7 Å². The molecule has 2 aliphatic rings. The lowest BCUT2D eigenvalue weighted by molar-refractivity contribution is -0.858. The van der Waals surface area contributed by atoms with Crippen molar-refractivity contribution < 1.29 is 29.1 Å². The summed E-state index contributed by atoms with van der Waals surface area (Å²) in [6.07, 6.45) is 3.19. The molecule has 2 aromatic rings. The standard InChI is InChI=1S/C28H32N2O5/c1-5-15-34-22-10-7-19(8-11-22)25-24(27(32)28(33)30(25)14-6-13-29(3)4)26(31)20-9-12-23-21(17-20)16-18(2)35-23/h5,7-12,17-18,25,31H,1,6,13-16H2,2-4H3/p+1/t18-,25+/m1/s1. The molecule has 0 aliphatic carbocycles.